The first-order valence-electron chi connectivity index (χ1n) is 13.3. The number of carbonyl (C=O) groups excluding carboxylic acids is 2. The summed E-state index contributed by atoms with van der Waals surface area (Å²) < 4.78 is 43.6. The Morgan fingerprint density at radius 2 is 1.50 bits per heavy atom. The van der Waals surface area contributed by atoms with Crippen molar-refractivity contribution in [3.05, 3.63) is 94.8 Å². The predicted molar refractivity (Wildman–Crippen MR) is 156 cm³/mol. The monoisotopic (exact) mass is 567 g/mol. The highest BCUT2D eigenvalue weighted by Crippen LogP contribution is 2.27. The molecule has 0 aliphatic rings. The molecule has 9 heteroatoms. The van der Waals surface area contributed by atoms with Gasteiger partial charge in [0, 0.05) is 18.2 Å². The van der Waals surface area contributed by atoms with Crippen molar-refractivity contribution < 1.29 is 22.4 Å². The summed E-state index contributed by atoms with van der Waals surface area (Å²) in [5.41, 5.74) is 3.10. The van der Waals surface area contributed by atoms with Crippen molar-refractivity contribution >= 4 is 27.5 Å². The van der Waals surface area contributed by atoms with Crippen LogP contribution >= 0.6 is 0 Å². The summed E-state index contributed by atoms with van der Waals surface area (Å²) in [6.45, 7) is 10.1. The highest BCUT2D eigenvalue weighted by atomic mass is 32.2. The number of carbonyl (C=O) groups is 2. The van der Waals surface area contributed by atoms with Gasteiger partial charge < -0.3 is 10.2 Å². The minimum Gasteiger partial charge on any atom is -0.352 e. The third kappa shape index (κ3) is 7.47. The summed E-state index contributed by atoms with van der Waals surface area (Å²) in [5, 5.41) is 2.87. The molecule has 0 radical (unpaired) electrons. The van der Waals surface area contributed by atoms with Crippen molar-refractivity contribution in [1.29, 1.82) is 0 Å². The molecule has 0 heterocycles. The molecule has 0 unspecified atom stereocenters. The lowest BCUT2D eigenvalue weighted by molar-refractivity contribution is -0.139. The Labute approximate surface area is 237 Å². The van der Waals surface area contributed by atoms with Crippen molar-refractivity contribution in [2.45, 2.75) is 71.5 Å². The molecule has 3 aromatic carbocycles. The van der Waals surface area contributed by atoms with Gasteiger partial charge in [-0.05, 0) is 82.5 Å². The summed E-state index contributed by atoms with van der Waals surface area (Å²) in [6.07, 6.45) is 0.689. The fourth-order valence-electron chi connectivity index (χ4n) is 4.32. The first kappa shape index (κ1) is 30.8. The molecule has 3 aromatic rings. The first-order chi connectivity index (χ1) is 18.8. The number of anilines is 1. The maximum absolute atomic E-state index is 14.7. The molecule has 40 heavy (non-hydrogen) atoms. The first-order valence-corrected chi connectivity index (χ1v) is 14.8. The van der Waals surface area contributed by atoms with Crippen LogP contribution in [0.2, 0.25) is 0 Å². The zero-order chi connectivity index (χ0) is 29.6. The van der Waals surface area contributed by atoms with E-state index in [1.165, 1.54) is 23.1 Å². The molecule has 0 aromatic heterocycles. The van der Waals surface area contributed by atoms with Gasteiger partial charge in [0.15, 0.2) is 0 Å². The van der Waals surface area contributed by atoms with Gasteiger partial charge in [-0.2, -0.15) is 0 Å². The average Bonchev–Trinajstić information content (AvgIpc) is 2.90. The number of halogens is 1. The highest BCUT2D eigenvalue weighted by molar-refractivity contribution is 7.92. The van der Waals surface area contributed by atoms with Crippen LogP contribution in [0.1, 0.15) is 49.4 Å². The van der Waals surface area contributed by atoms with Crippen molar-refractivity contribution in [3.8, 4) is 0 Å². The quantitative estimate of drug-likeness (QED) is 0.342. The zero-order valence-corrected chi connectivity index (χ0v) is 24.8. The van der Waals surface area contributed by atoms with Crippen LogP contribution in [0, 0.1) is 26.6 Å². The summed E-state index contributed by atoms with van der Waals surface area (Å²) in [5.74, 6) is -1.56. The van der Waals surface area contributed by atoms with Crippen LogP contribution < -0.4 is 9.62 Å². The van der Waals surface area contributed by atoms with Gasteiger partial charge in [-0.25, -0.2) is 12.8 Å². The molecule has 0 spiro atoms. The van der Waals surface area contributed by atoms with Crippen LogP contribution in [0.5, 0.6) is 0 Å². The van der Waals surface area contributed by atoms with Crippen LogP contribution in [-0.2, 0) is 26.2 Å². The number of sulfonamides is 1. The van der Waals surface area contributed by atoms with Crippen LogP contribution in [0.3, 0.4) is 0 Å². The Morgan fingerprint density at radius 1 is 0.900 bits per heavy atom. The maximum atomic E-state index is 14.7. The normalized spacial score (nSPS) is 12.9. The Kier molecular flexibility index (Phi) is 10.1. The van der Waals surface area contributed by atoms with E-state index in [0.29, 0.717) is 12.1 Å². The van der Waals surface area contributed by atoms with E-state index in [0.717, 1.165) is 21.0 Å². The second-order valence-corrected chi connectivity index (χ2v) is 12.1. The van der Waals surface area contributed by atoms with E-state index in [-0.39, 0.29) is 23.0 Å². The van der Waals surface area contributed by atoms with E-state index in [1.807, 2.05) is 40.7 Å². The molecule has 1 N–H and O–H groups in total. The van der Waals surface area contributed by atoms with Gasteiger partial charge in [-0.15, -0.1) is 0 Å². The predicted octanol–water partition coefficient (Wildman–Crippen LogP) is 5.28. The van der Waals surface area contributed by atoms with Crippen LogP contribution in [0.4, 0.5) is 10.1 Å². The maximum Gasteiger partial charge on any atom is 0.264 e. The summed E-state index contributed by atoms with van der Waals surface area (Å²) in [4.78, 5) is 28.3. The van der Waals surface area contributed by atoms with Crippen molar-refractivity contribution in [1.82, 2.24) is 10.2 Å². The lowest BCUT2D eigenvalue weighted by Gasteiger charge is -2.32. The van der Waals surface area contributed by atoms with E-state index in [1.54, 1.807) is 49.4 Å². The van der Waals surface area contributed by atoms with Gasteiger partial charge in [0.25, 0.3) is 10.0 Å². The molecule has 0 saturated heterocycles. The Hall–Kier alpha value is -3.72. The number of amides is 2. The van der Waals surface area contributed by atoms with E-state index < -0.39 is 40.2 Å². The minimum absolute atomic E-state index is 0.0354. The lowest BCUT2D eigenvalue weighted by atomic mass is 10.1. The molecule has 0 bridgehead atoms. The topological polar surface area (TPSA) is 86.8 Å². The average molecular weight is 568 g/mol. The molecule has 0 aliphatic carbocycles. The highest BCUT2D eigenvalue weighted by Gasteiger charge is 2.33. The molecule has 214 valence electrons. The van der Waals surface area contributed by atoms with Gasteiger partial charge >= 0.3 is 0 Å². The number of nitrogens with one attached hydrogen (secondary N) is 1. The number of rotatable bonds is 11. The Bertz CT molecular complexity index is 1440. The van der Waals surface area contributed by atoms with Crippen molar-refractivity contribution in [2.24, 2.45) is 0 Å². The minimum atomic E-state index is -4.17. The Morgan fingerprint density at radius 3 is 2.08 bits per heavy atom. The van der Waals surface area contributed by atoms with E-state index >= 15 is 0 Å². The second-order valence-electron chi connectivity index (χ2n) is 10.3. The standard InChI is InChI=1S/C31H38FN3O4S/c1-7-24(5)33-31(37)25(6)34(19-26-10-8-9-11-29(26)32)30(36)20-35(27-17-22(3)16-23(4)18-27)40(38,39)28-14-12-21(2)13-15-28/h8-18,24-25H,7,19-20H2,1-6H3,(H,33,37)/t24-,25-/m1/s1. The molecule has 0 fully saturated rings. The largest absolute Gasteiger partial charge is 0.352 e. The number of nitrogens with zero attached hydrogens (tertiary/aromatic N) is 2. The number of aryl methyl sites for hydroxylation is 3. The van der Waals surface area contributed by atoms with E-state index in [4.69, 9.17) is 0 Å². The van der Waals surface area contributed by atoms with Crippen LogP contribution in [0.15, 0.2) is 71.6 Å². The summed E-state index contributed by atoms with van der Waals surface area (Å²) in [6, 6.07) is 16.6. The SMILES string of the molecule is CC[C@@H](C)NC(=O)[C@@H](C)N(Cc1ccccc1F)C(=O)CN(c1cc(C)cc(C)c1)S(=O)(=O)c1ccc(C)cc1. The van der Waals surface area contributed by atoms with Crippen LogP contribution in [0.25, 0.3) is 0 Å². The van der Waals surface area contributed by atoms with E-state index in [2.05, 4.69) is 5.32 Å². The molecular formula is C31H38FN3O4S. The zero-order valence-electron chi connectivity index (χ0n) is 23.9. The van der Waals surface area contributed by atoms with Gasteiger partial charge in [0.05, 0.1) is 10.6 Å². The number of hydrogen-bond acceptors (Lipinski definition) is 4. The lowest BCUT2D eigenvalue weighted by Crippen LogP contribution is -2.52. The molecule has 2 atom stereocenters. The molecular weight excluding hydrogens is 529 g/mol. The smallest absolute Gasteiger partial charge is 0.264 e. The fourth-order valence-corrected chi connectivity index (χ4v) is 5.72. The van der Waals surface area contributed by atoms with Crippen molar-refractivity contribution in [3.63, 3.8) is 0 Å². The molecule has 3 rings (SSSR count). The van der Waals surface area contributed by atoms with Gasteiger partial charge in [0.1, 0.15) is 18.4 Å². The van der Waals surface area contributed by atoms with Crippen LogP contribution in [-0.4, -0.2) is 43.8 Å². The molecule has 7 nitrogen and oxygen atoms in total. The van der Waals surface area contributed by atoms with Gasteiger partial charge in [-0.1, -0.05) is 48.9 Å². The van der Waals surface area contributed by atoms with Gasteiger partial charge in [0.2, 0.25) is 11.8 Å². The summed E-state index contributed by atoms with van der Waals surface area (Å²) in [7, 11) is -4.17. The second kappa shape index (κ2) is 13.1. The van der Waals surface area contributed by atoms with Crippen molar-refractivity contribution in [2.75, 3.05) is 10.8 Å². The van der Waals surface area contributed by atoms with E-state index in [9.17, 15) is 22.4 Å². The number of hydrogen-bond donors (Lipinski definition) is 1. The summed E-state index contributed by atoms with van der Waals surface area (Å²) >= 11 is 0. The third-order valence-corrected chi connectivity index (χ3v) is 8.64. The number of benzene rings is 3. The molecule has 0 saturated carbocycles. The fraction of sp³-hybridized carbons (Fsp3) is 0.355. The molecule has 0 aliphatic heterocycles. The third-order valence-electron chi connectivity index (χ3n) is 6.85. The van der Waals surface area contributed by atoms with Gasteiger partial charge in [-0.3, -0.25) is 13.9 Å². The Balaban J connectivity index is 2.07. The molecule has 2 amide bonds.